The first-order valence-corrected chi connectivity index (χ1v) is 6.99. The predicted octanol–water partition coefficient (Wildman–Crippen LogP) is 1.77. The van der Waals surface area contributed by atoms with Crippen molar-refractivity contribution in [3.63, 3.8) is 0 Å². The van der Waals surface area contributed by atoms with Gasteiger partial charge in [-0.05, 0) is 18.4 Å². The molecule has 96 valence electrons. The number of anilines is 1. The van der Waals surface area contributed by atoms with Crippen LogP contribution in [0.25, 0.3) is 10.6 Å². The number of amides is 2. The quantitative estimate of drug-likeness (QED) is 0.798. The average Bonchev–Trinajstić information content (AvgIpc) is 2.98. The van der Waals surface area contributed by atoms with Gasteiger partial charge in [-0.25, -0.2) is 4.79 Å². The highest BCUT2D eigenvalue weighted by molar-refractivity contribution is 7.19. The molecular weight excluding hydrogens is 272 g/mol. The van der Waals surface area contributed by atoms with Crippen molar-refractivity contribution in [3.05, 3.63) is 16.8 Å². The van der Waals surface area contributed by atoms with Crippen LogP contribution in [0.5, 0.6) is 0 Å². The van der Waals surface area contributed by atoms with Crippen LogP contribution < -0.4 is 10.6 Å². The summed E-state index contributed by atoms with van der Waals surface area (Å²) in [6, 6.07) is 1.25. The summed E-state index contributed by atoms with van der Waals surface area (Å²) in [6.45, 7) is 1.60. The van der Waals surface area contributed by atoms with Gasteiger partial charge >= 0.3 is 6.03 Å². The summed E-state index contributed by atoms with van der Waals surface area (Å²) in [5, 5.41) is 27.0. The van der Waals surface area contributed by atoms with Gasteiger partial charge in [0.25, 0.3) is 0 Å². The summed E-state index contributed by atoms with van der Waals surface area (Å²) in [7, 11) is 0. The summed E-state index contributed by atoms with van der Waals surface area (Å²) in [5.74, 6) is 0. The SMILES string of the molecule is C[C@@H](CO)NC(=O)Nc1nnc(-c2ccsc2)s1. The molecule has 0 saturated heterocycles. The molecule has 1 atom stereocenters. The van der Waals surface area contributed by atoms with Crippen molar-refractivity contribution in [1.82, 2.24) is 15.5 Å². The molecule has 0 fully saturated rings. The van der Waals surface area contributed by atoms with Gasteiger partial charge in [0.1, 0.15) is 5.01 Å². The van der Waals surface area contributed by atoms with E-state index in [9.17, 15) is 4.79 Å². The maximum Gasteiger partial charge on any atom is 0.321 e. The predicted molar refractivity (Wildman–Crippen MR) is 71.9 cm³/mol. The Morgan fingerprint density at radius 3 is 3.06 bits per heavy atom. The van der Waals surface area contributed by atoms with E-state index in [1.807, 2.05) is 16.8 Å². The molecule has 2 aromatic heterocycles. The number of carbonyl (C=O) groups is 1. The summed E-state index contributed by atoms with van der Waals surface area (Å²) in [4.78, 5) is 11.5. The van der Waals surface area contributed by atoms with Gasteiger partial charge in [-0.2, -0.15) is 11.3 Å². The standard InChI is InChI=1S/C10H12N4O2S2/c1-6(4-15)11-9(16)12-10-14-13-8(18-10)7-2-3-17-5-7/h2-3,5-6,15H,4H2,1H3,(H2,11,12,14,16)/t6-/m0/s1. The van der Waals surface area contributed by atoms with Crippen LogP contribution in [0.3, 0.4) is 0 Å². The highest BCUT2D eigenvalue weighted by Crippen LogP contribution is 2.27. The van der Waals surface area contributed by atoms with Crippen LogP contribution in [0.4, 0.5) is 9.93 Å². The number of aliphatic hydroxyl groups is 1. The van der Waals surface area contributed by atoms with Crippen molar-refractivity contribution < 1.29 is 9.90 Å². The van der Waals surface area contributed by atoms with Crippen LogP contribution >= 0.6 is 22.7 Å². The second-order valence-corrected chi connectivity index (χ2v) is 5.36. The Bertz CT molecular complexity index is 512. The largest absolute Gasteiger partial charge is 0.394 e. The number of hydrogen-bond donors (Lipinski definition) is 3. The molecular formula is C10H12N4O2S2. The number of thiophene rings is 1. The molecule has 2 amide bonds. The van der Waals surface area contributed by atoms with Gasteiger partial charge in [-0.3, -0.25) is 5.32 Å². The van der Waals surface area contributed by atoms with E-state index >= 15 is 0 Å². The van der Waals surface area contributed by atoms with E-state index in [2.05, 4.69) is 20.8 Å². The highest BCUT2D eigenvalue weighted by atomic mass is 32.1. The van der Waals surface area contributed by atoms with Crippen molar-refractivity contribution >= 4 is 33.8 Å². The van der Waals surface area contributed by atoms with Crippen molar-refractivity contribution in [2.45, 2.75) is 13.0 Å². The van der Waals surface area contributed by atoms with Crippen molar-refractivity contribution in [2.75, 3.05) is 11.9 Å². The second kappa shape index (κ2) is 5.89. The number of nitrogens with one attached hydrogen (secondary N) is 2. The molecule has 3 N–H and O–H groups in total. The lowest BCUT2D eigenvalue weighted by molar-refractivity contribution is 0.229. The zero-order valence-electron chi connectivity index (χ0n) is 9.58. The number of rotatable bonds is 4. The number of urea groups is 1. The summed E-state index contributed by atoms with van der Waals surface area (Å²) < 4.78 is 0. The maximum atomic E-state index is 11.5. The lowest BCUT2D eigenvalue weighted by atomic mass is 10.4. The Balaban J connectivity index is 1.97. The van der Waals surface area contributed by atoms with Crippen LogP contribution in [0.2, 0.25) is 0 Å². The van der Waals surface area contributed by atoms with Gasteiger partial charge in [0.05, 0.1) is 12.6 Å². The molecule has 2 aromatic rings. The van der Waals surface area contributed by atoms with Crippen molar-refractivity contribution in [2.24, 2.45) is 0 Å². The van der Waals surface area contributed by atoms with Crippen molar-refractivity contribution in [3.8, 4) is 10.6 Å². The Hall–Kier alpha value is -1.51. The van der Waals surface area contributed by atoms with Crippen LogP contribution in [-0.2, 0) is 0 Å². The van der Waals surface area contributed by atoms with Gasteiger partial charge < -0.3 is 10.4 Å². The third-order valence-corrected chi connectivity index (χ3v) is 3.64. The van der Waals surface area contributed by atoms with E-state index < -0.39 is 6.03 Å². The van der Waals surface area contributed by atoms with E-state index in [1.165, 1.54) is 11.3 Å². The summed E-state index contributed by atoms with van der Waals surface area (Å²) in [5.41, 5.74) is 0.995. The van der Waals surface area contributed by atoms with E-state index in [1.54, 1.807) is 18.3 Å². The van der Waals surface area contributed by atoms with Crippen LogP contribution in [0.1, 0.15) is 6.92 Å². The molecule has 0 aliphatic rings. The van der Waals surface area contributed by atoms with Crippen LogP contribution in [-0.4, -0.2) is 34.0 Å². The molecule has 6 nitrogen and oxygen atoms in total. The average molecular weight is 284 g/mol. The monoisotopic (exact) mass is 284 g/mol. The normalized spacial score (nSPS) is 12.1. The summed E-state index contributed by atoms with van der Waals surface area (Å²) in [6.07, 6.45) is 0. The zero-order valence-corrected chi connectivity index (χ0v) is 11.2. The van der Waals surface area contributed by atoms with Crippen LogP contribution in [0, 0.1) is 0 Å². The molecule has 0 unspecified atom stereocenters. The van der Waals surface area contributed by atoms with Crippen LogP contribution in [0.15, 0.2) is 16.8 Å². The first-order valence-electron chi connectivity index (χ1n) is 5.23. The van der Waals surface area contributed by atoms with Crippen molar-refractivity contribution in [1.29, 1.82) is 0 Å². The van der Waals surface area contributed by atoms with Gasteiger partial charge in [0.2, 0.25) is 5.13 Å². The van der Waals surface area contributed by atoms with E-state index in [0.717, 1.165) is 10.6 Å². The van der Waals surface area contributed by atoms with E-state index in [4.69, 9.17) is 5.11 Å². The third-order valence-electron chi connectivity index (χ3n) is 2.06. The molecule has 8 heteroatoms. The third kappa shape index (κ3) is 3.25. The fourth-order valence-electron chi connectivity index (χ4n) is 1.18. The smallest absolute Gasteiger partial charge is 0.321 e. The molecule has 2 heterocycles. The minimum atomic E-state index is -0.399. The Morgan fingerprint density at radius 2 is 2.39 bits per heavy atom. The molecule has 18 heavy (non-hydrogen) atoms. The highest BCUT2D eigenvalue weighted by Gasteiger charge is 2.11. The molecule has 0 spiro atoms. The fourth-order valence-corrected chi connectivity index (χ4v) is 2.63. The Kier molecular flexibility index (Phi) is 4.24. The number of carbonyl (C=O) groups excluding carboxylic acids is 1. The topological polar surface area (TPSA) is 87.1 Å². The maximum absolute atomic E-state index is 11.5. The second-order valence-electron chi connectivity index (χ2n) is 3.61. The Labute approximate surface area is 112 Å². The molecule has 0 aromatic carbocycles. The number of nitrogens with zero attached hydrogens (tertiary/aromatic N) is 2. The number of hydrogen-bond acceptors (Lipinski definition) is 6. The lowest BCUT2D eigenvalue weighted by Gasteiger charge is -2.09. The van der Waals surface area contributed by atoms with Gasteiger partial charge in [-0.1, -0.05) is 11.3 Å². The molecule has 0 radical (unpaired) electrons. The number of aliphatic hydroxyl groups excluding tert-OH is 1. The summed E-state index contributed by atoms with van der Waals surface area (Å²) >= 11 is 2.88. The number of aromatic nitrogens is 2. The van der Waals surface area contributed by atoms with Gasteiger partial charge in [0, 0.05) is 10.9 Å². The van der Waals surface area contributed by atoms with Gasteiger partial charge in [-0.15, -0.1) is 10.2 Å². The first kappa shape index (κ1) is 12.9. The first-order chi connectivity index (χ1) is 8.69. The minimum absolute atomic E-state index is 0.107. The van der Waals surface area contributed by atoms with Gasteiger partial charge in [0.15, 0.2) is 0 Å². The van der Waals surface area contributed by atoms with E-state index in [-0.39, 0.29) is 12.6 Å². The molecule has 0 saturated carbocycles. The van der Waals surface area contributed by atoms with E-state index in [0.29, 0.717) is 5.13 Å². The molecule has 0 bridgehead atoms. The Morgan fingerprint density at radius 1 is 1.56 bits per heavy atom. The fraction of sp³-hybridized carbons (Fsp3) is 0.300. The minimum Gasteiger partial charge on any atom is -0.394 e. The lowest BCUT2D eigenvalue weighted by Crippen LogP contribution is -2.38. The zero-order chi connectivity index (χ0) is 13.0. The molecule has 2 rings (SSSR count). The molecule has 0 aliphatic heterocycles. The molecule has 0 aliphatic carbocycles.